The van der Waals surface area contributed by atoms with E-state index in [4.69, 9.17) is 4.74 Å². The van der Waals surface area contributed by atoms with Crippen molar-refractivity contribution in [2.75, 3.05) is 20.3 Å². The molecule has 2 N–H and O–H groups in total. The summed E-state index contributed by atoms with van der Waals surface area (Å²) in [4.78, 5) is 27.0. The average molecular weight is 381 g/mol. The molecule has 1 heterocycles. The van der Waals surface area contributed by atoms with Crippen LogP contribution in [-0.4, -0.2) is 47.1 Å². The summed E-state index contributed by atoms with van der Waals surface area (Å²) in [6.45, 7) is 0.481. The van der Waals surface area contributed by atoms with Crippen LogP contribution < -0.4 is 0 Å². The zero-order valence-corrected chi connectivity index (χ0v) is 15.7. The molecule has 0 saturated heterocycles. The van der Waals surface area contributed by atoms with Gasteiger partial charge in [-0.2, -0.15) is 0 Å². The number of carbonyl (C=O) groups is 2. The van der Waals surface area contributed by atoms with Crippen molar-refractivity contribution in [3.05, 3.63) is 77.1 Å². The van der Waals surface area contributed by atoms with Crippen molar-refractivity contribution in [1.82, 2.24) is 4.90 Å². The van der Waals surface area contributed by atoms with Crippen LogP contribution in [0, 0.1) is 0 Å². The first kappa shape index (κ1) is 19.6. The lowest BCUT2D eigenvalue weighted by Gasteiger charge is -2.26. The van der Waals surface area contributed by atoms with Crippen molar-refractivity contribution < 1.29 is 24.5 Å². The Labute approximate surface area is 163 Å². The number of rotatable bonds is 8. The first-order chi connectivity index (χ1) is 13.5. The first-order valence-corrected chi connectivity index (χ1v) is 9.12. The number of nitrogens with zero attached hydrogens (tertiary/aromatic N) is 1. The minimum Gasteiger partial charge on any atom is -0.508 e. The van der Waals surface area contributed by atoms with Gasteiger partial charge in [-0.3, -0.25) is 9.59 Å². The molecule has 0 saturated carbocycles. The van der Waals surface area contributed by atoms with Crippen LogP contribution in [0.4, 0.5) is 0 Å². The van der Waals surface area contributed by atoms with Crippen LogP contribution in [-0.2, 0) is 20.7 Å². The van der Waals surface area contributed by atoms with E-state index in [2.05, 4.69) is 0 Å². The number of phenols is 1. The Morgan fingerprint density at radius 2 is 1.86 bits per heavy atom. The monoisotopic (exact) mass is 381 g/mol. The Kier molecular flexibility index (Phi) is 6.11. The van der Waals surface area contributed by atoms with Gasteiger partial charge in [-0.25, -0.2) is 0 Å². The lowest BCUT2D eigenvalue weighted by molar-refractivity contribution is -0.130. The number of benzene rings is 2. The van der Waals surface area contributed by atoms with Crippen molar-refractivity contribution >= 4 is 11.7 Å². The molecular formula is C22H23NO5. The Bertz CT molecular complexity index is 891. The molecule has 0 radical (unpaired) electrons. The number of ketones is 1. The molecule has 0 aromatic heterocycles. The van der Waals surface area contributed by atoms with Crippen molar-refractivity contribution in [1.29, 1.82) is 0 Å². The highest BCUT2D eigenvalue weighted by molar-refractivity contribution is 6.09. The van der Waals surface area contributed by atoms with Gasteiger partial charge in [0.2, 0.25) is 0 Å². The number of phenolic OH excluding ortho intramolecular Hbond substituents is 1. The lowest BCUT2D eigenvalue weighted by atomic mass is 9.93. The normalized spacial score (nSPS) is 16.7. The third kappa shape index (κ3) is 4.07. The zero-order chi connectivity index (χ0) is 20.1. The van der Waals surface area contributed by atoms with Crippen molar-refractivity contribution in [2.45, 2.75) is 18.9 Å². The van der Waals surface area contributed by atoms with Gasteiger partial charge in [-0.15, -0.1) is 0 Å². The van der Waals surface area contributed by atoms with Crippen LogP contribution in [0.3, 0.4) is 0 Å². The van der Waals surface area contributed by atoms with Crippen molar-refractivity contribution in [3.63, 3.8) is 0 Å². The molecule has 0 aliphatic carbocycles. The highest BCUT2D eigenvalue weighted by atomic mass is 16.5. The van der Waals surface area contributed by atoms with E-state index >= 15 is 0 Å². The fourth-order valence-electron chi connectivity index (χ4n) is 3.44. The van der Waals surface area contributed by atoms with E-state index in [1.165, 1.54) is 24.1 Å². The van der Waals surface area contributed by atoms with E-state index in [-0.39, 0.29) is 36.7 Å². The number of carbonyl (C=O) groups excluding carboxylic acids is 2. The maximum Gasteiger partial charge on any atom is 0.290 e. The molecule has 3 rings (SSSR count). The molecule has 0 fully saturated rings. The third-order valence-electron chi connectivity index (χ3n) is 4.81. The molecule has 1 aliphatic rings. The number of Topliss-reactive ketones (excluding diaryl/α,β-unsaturated/α-hetero) is 1. The smallest absolute Gasteiger partial charge is 0.290 e. The highest BCUT2D eigenvalue weighted by Gasteiger charge is 2.43. The molecule has 146 valence electrons. The minimum absolute atomic E-state index is 0.0270. The average Bonchev–Trinajstić information content (AvgIpc) is 2.96. The fourth-order valence-corrected chi connectivity index (χ4v) is 3.44. The van der Waals surface area contributed by atoms with Gasteiger partial charge in [-0.05, 0) is 29.7 Å². The van der Waals surface area contributed by atoms with E-state index in [0.717, 1.165) is 5.56 Å². The maximum absolute atomic E-state index is 13.0. The zero-order valence-electron chi connectivity index (χ0n) is 15.7. The molecule has 1 unspecified atom stereocenters. The van der Waals surface area contributed by atoms with Gasteiger partial charge >= 0.3 is 0 Å². The standard InChI is InChI=1S/C22H23NO5/c1-28-13-12-23-20(16-8-5-9-17(24)14-16)19(21(26)22(23)27)18(25)11-10-15-6-3-2-4-7-15/h2-9,14,20,24,26H,10-13H2,1H3. The number of aryl methyl sites for hydroxylation is 1. The summed E-state index contributed by atoms with van der Waals surface area (Å²) in [5, 5.41) is 20.3. The summed E-state index contributed by atoms with van der Waals surface area (Å²) in [6, 6.07) is 15.2. The molecule has 28 heavy (non-hydrogen) atoms. The summed E-state index contributed by atoms with van der Waals surface area (Å²) in [5.74, 6) is -1.39. The van der Waals surface area contributed by atoms with Crippen LogP contribution >= 0.6 is 0 Å². The van der Waals surface area contributed by atoms with Gasteiger partial charge in [0.1, 0.15) is 5.75 Å². The van der Waals surface area contributed by atoms with Crippen LogP contribution in [0.25, 0.3) is 0 Å². The number of aromatic hydroxyl groups is 1. The van der Waals surface area contributed by atoms with Crippen LogP contribution in [0.5, 0.6) is 5.75 Å². The molecule has 1 atom stereocenters. The van der Waals surface area contributed by atoms with Gasteiger partial charge < -0.3 is 19.8 Å². The number of hydrogen-bond acceptors (Lipinski definition) is 5. The second-order valence-electron chi connectivity index (χ2n) is 6.66. The molecule has 1 aliphatic heterocycles. The van der Waals surface area contributed by atoms with E-state index in [1.54, 1.807) is 12.1 Å². The highest BCUT2D eigenvalue weighted by Crippen LogP contribution is 2.39. The van der Waals surface area contributed by atoms with Crippen molar-refractivity contribution in [3.8, 4) is 5.75 Å². The topological polar surface area (TPSA) is 87.1 Å². The number of methoxy groups -OCH3 is 1. The Hall–Kier alpha value is -3.12. The predicted molar refractivity (Wildman–Crippen MR) is 104 cm³/mol. The summed E-state index contributed by atoms with van der Waals surface area (Å²) < 4.78 is 5.07. The molecule has 6 nitrogen and oxygen atoms in total. The third-order valence-corrected chi connectivity index (χ3v) is 4.81. The van der Waals surface area contributed by atoms with E-state index in [9.17, 15) is 19.8 Å². The number of aliphatic hydroxyl groups excluding tert-OH is 1. The summed E-state index contributed by atoms with van der Waals surface area (Å²) in [7, 11) is 1.52. The number of aliphatic hydroxyl groups is 1. The molecule has 0 spiro atoms. The first-order valence-electron chi connectivity index (χ1n) is 9.12. The molecule has 2 aromatic rings. The van der Waals surface area contributed by atoms with E-state index in [0.29, 0.717) is 12.0 Å². The molecular weight excluding hydrogens is 358 g/mol. The second-order valence-corrected chi connectivity index (χ2v) is 6.66. The van der Waals surface area contributed by atoms with Gasteiger partial charge in [0.05, 0.1) is 18.2 Å². The SMILES string of the molecule is COCCN1C(=O)C(O)=C(C(=O)CCc2ccccc2)C1c1cccc(O)c1. The van der Waals surface area contributed by atoms with Gasteiger partial charge in [0.15, 0.2) is 11.5 Å². The van der Waals surface area contributed by atoms with Crippen LogP contribution in [0.2, 0.25) is 0 Å². The van der Waals surface area contributed by atoms with Crippen LogP contribution in [0.15, 0.2) is 65.9 Å². The Morgan fingerprint density at radius 3 is 2.54 bits per heavy atom. The summed E-state index contributed by atoms with van der Waals surface area (Å²) in [5.41, 5.74) is 1.64. The van der Waals surface area contributed by atoms with Gasteiger partial charge in [0, 0.05) is 20.1 Å². The molecule has 0 bridgehead atoms. The van der Waals surface area contributed by atoms with Crippen molar-refractivity contribution in [2.24, 2.45) is 0 Å². The second kappa shape index (κ2) is 8.71. The molecule has 1 amide bonds. The van der Waals surface area contributed by atoms with E-state index < -0.39 is 17.7 Å². The largest absolute Gasteiger partial charge is 0.508 e. The summed E-state index contributed by atoms with van der Waals surface area (Å²) in [6.07, 6.45) is 0.680. The minimum atomic E-state index is -0.752. The fraction of sp³-hybridized carbons (Fsp3) is 0.273. The molecule has 2 aromatic carbocycles. The molecule has 6 heteroatoms. The number of amides is 1. The lowest BCUT2D eigenvalue weighted by Crippen LogP contribution is -2.34. The number of hydrogen-bond donors (Lipinski definition) is 2. The van der Waals surface area contributed by atoms with Gasteiger partial charge in [-0.1, -0.05) is 42.5 Å². The summed E-state index contributed by atoms with van der Waals surface area (Å²) >= 11 is 0. The van der Waals surface area contributed by atoms with Crippen LogP contribution in [0.1, 0.15) is 23.6 Å². The van der Waals surface area contributed by atoms with Gasteiger partial charge in [0.25, 0.3) is 5.91 Å². The quantitative estimate of drug-likeness (QED) is 0.734. The maximum atomic E-state index is 13.0. The predicted octanol–water partition coefficient (Wildman–Crippen LogP) is 2.94. The Balaban J connectivity index is 1.90. The Morgan fingerprint density at radius 1 is 1.11 bits per heavy atom. The van der Waals surface area contributed by atoms with E-state index in [1.807, 2.05) is 30.3 Å². The number of ether oxygens (including phenoxy) is 1.